The third kappa shape index (κ3) is 4.42. The highest BCUT2D eigenvalue weighted by atomic mass is 79.9. The van der Waals surface area contributed by atoms with Gasteiger partial charge in [-0.3, -0.25) is 4.79 Å². The first-order valence-corrected chi connectivity index (χ1v) is 7.33. The van der Waals surface area contributed by atoms with E-state index in [4.69, 9.17) is 0 Å². The molecule has 3 heteroatoms. The topological polar surface area (TPSA) is 31.0 Å². The predicted octanol–water partition coefficient (Wildman–Crippen LogP) is 2.76. The van der Waals surface area contributed by atoms with Crippen LogP contribution in [0.15, 0.2) is 59.1 Å². The first-order valence-electron chi connectivity index (χ1n) is 6.54. The van der Waals surface area contributed by atoms with Crippen molar-refractivity contribution in [2.24, 2.45) is 0 Å². The number of halogens is 1. The molecule has 0 bridgehead atoms. The van der Waals surface area contributed by atoms with Gasteiger partial charge >= 0.3 is 0 Å². The first-order chi connectivity index (χ1) is 9.65. The van der Waals surface area contributed by atoms with Gasteiger partial charge in [0.15, 0.2) is 18.0 Å². The summed E-state index contributed by atoms with van der Waals surface area (Å²) in [6, 6.07) is 17.6. The molecule has 2 aromatic carbocycles. The molecule has 0 aliphatic rings. The molecule has 0 aromatic heterocycles. The van der Waals surface area contributed by atoms with E-state index in [1.54, 1.807) is 0 Å². The van der Waals surface area contributed by atoms with Gasteiger partial charge in [-0.1, -0.05) is 58.4 Å². The molecular formula is C17H17BrNO+. The molecule has 0 saturated heterocycles. The number of carbonyl (C=O) groups excluding carboxylic acids is 1. The van der Waals surface area contributed by atoms with Crippen molar-refractivity contribution in [1.29, 1.82) is 0 Å². The Labute approximate surface area is 127 Å². The minimum Gasteiger partial charge on any atom is -0.294 e. The third-order valence-electron chi connectivity index (χ3n) is 3.03. The standard InChI is InChI=1S/C17H16BrNO/c1-13(19-12-14-5-3-2-4-6-14)11-17(20)15-7-9-16(18)10-8-15/h2-10H,11-12H2,1H3/p+1. The summed E-state index contributed by atoms with van der Waals surface area (Å²) in [6.07, 6.45) is 0.425. The molecule has 0 atom stereocenters. The Bertz CT molecular complexity index is 603. The highest BCUT2D eigenvalue weighted by molar-refractivity contribution is 9.10. The molecule has 0 heterocycles. The smallest absolute Gasteiger partial charge is 0.172 e. The van der Waals surface area contributed by atoms with Crippen LogP contribution in [0.3, 0.4) is 0 Å². The number of nitrogens with one attached hydrogen (secondary N) is 1. The summed E-state index contributed by atoms with van der Waals surface area (Å²) >= 11 is 3.37. The van der Waals surface area contributed by atoms with Crippen LogP contribution in [-0.2, 0) is 6.54 Å². The molecular weight excluding hydrogens is 314 g/mol. The Kier molecular flexibility index (Phi) is 5.24. The van der Waals surface area contributed by atoms with Crippen molar-refractivity contribution in [3.05, 3.63) is 70.2 Å². The zero-order valence-corrected chi connectivity index (χ0v) is 13.0. The van der Waals surface area contributed by atoms with Crippen molar-refractivity contribution in [2.45, 2.75) is 19.9 Å². The van der Waals surface area contributed by atoms with Gasteiger partial charge in [0.2, 0.25) is 0 Å². The molecule has 0 radical (unpaired) electrons. The lowest BCUT2D eigenvalue weighted by Crippen LogP contribution is -2.70. The molecule has 2 nitrogen and oxygen atoms in total. The molecule has 0 amide bonds. The normalized spacial score (nSPS) is 11.4. The molecule has 0 aliphatic heterocycles. The third-order valence-corrected chi connectivity index (χ3v) is 3.56. The van der Waals surface area contributed by atoms with E-state index >= 15 is 0 Å². The number of benzene rings is 2. The maximum atomic E-state index is 12.1. The number of ketones is 1. The minimum atomic E-state index is 0.135. The number of Topliss-reactive ketones (excluding diaryl/α,β-unsaturated/α-hetero) is 1. The van der Waals surface area contributed by atoms with Gasteiger partial charge in [-0.2, -0.15) is 0 Å². The summed E-state index contributed by atoms with van der Waals surface area (Å²) in [6.45, 7) is 2.71. The lowest BCUT2D eigenvalue weighted by atomic mass is 10.1. The summed E-state index contributed by atoms with van der Waals surface area (Å²) in [4.78, 5) is 15.4. The molecule has 0 saturated carbocycles. The summed E-state index contributed by atoms with van der Waals surface area (Å²) in [5.41, 5.74) is 2.94. The largest absolute Gasteiger partial charge is 0.294 e. The lowest BCUT2D eigenvalue weighted by molar-refractivity contribution is -0.476. The van der Waals surface area contributed by atoms with Crippen molar-refractivity contribution >= 4 is 27.4 Å². The second-order valence-corrected chi connectivity index (χ2v) is 5.64. The fourth-order valence-electron chi connectivity index (χ4n) is 1.89. The van der Waals surface area contributed by atoms with Gasteiger partial charge in [0, 0.05) is 22.5 Å². The van der Waals surface area contributed by atoms with Crippen molar-refractivity contribution < 1.29 is 9.79 Å². The quantitative estimate of drug-likeness (QED) is 0.663. The van der Waals surface area contributed by atoms with E-state index in [0.717, 1.165) is 22.3 Å². The van der Waals surface area contributed by atoms with Crippen LogP contribution in [0, 0.1) is 0 Å². The lowest BCUT2D eigenvalue weighted by Gasteiger charge is -1.99. The van der Waals surface area contributed by atoms with Crippen LogP contribution in [0.1, 0.15) is 29.3 Å². The Morgan fingerprint density at radius 1 is 1.05 bits per heavy atom. The molecule has 2 rings (SSSR count). The van der Waals surface area contributed by atoms with Crippen molar-refractivity contribution in [1.82, 2.24) is 0 Å². The van der Waals surface area contributed by atoms with E-state index in [-0.39, 0.29) is 5.78 Å². The molecule has 0 fully saturated rings. The Hall–Kier alpha value is -1.74. The second-order valence-electron chi connectivity index (χ2n) is 4.73. The van der Waals surface area contributed by atoms with E-state index in [0.29, 0.717) is 6.42 Å². The van der Waals surface area contributed by atoms with Crippen LogP contribution in [0.5, 0.6) is 0 Å². The zero-order chi connectivity index (χ0) is 14.4. The van der Waals surface area contributed by atoms with Crippen LogP contribution >= 0.6 is 15.9 Å². The molecule has 0 spiro atoms. The number of hydrogen-bond donors (Lipinski definition) is 1. The highest BCUT2D eigenvalue weighted by Crippen LogP contribution is 2.11. The SMILES string of the molecule is CC(CC(=O)c1ccc(Br)cc1)=[NH+]Cc1ccccc1. The van der Waals surface area contributed by atoms with Gasteiger partial charge in [0.1, 0.15) is 0 Å². The van der Waals surface area contributed by atoms with Gasteiger partial charge in [-0.15, -0.1) is 0 Å². The zero-order valence-electron chi connectivity index (χ0n) is 11.4. The fraction of sp³-hybridized carbons (Fsp3) is 0.176. The van der Waals surface area contributed by atoms with Gasteiger partial charge in [0.25, 0.3) is 0 Å². The highest BCUT2D eigenvalue weighted by Gasteiger charge is 2.10. The second kappa shape index (κ2) is 7.15. The van der Waals surface area contributed by atoms with Crippen LogP contribution in [0.25, 0.3) is 0 Å². The summed E-state index contributed by atoms with van der Waals surface area (Å²) < 4.78 is 0.983. The van der Waals surface area contributed by atoms with Gasteiger partial charge in [-0.05, 0) is 12.1 Å². The maximum absolute atomic E-state index is 12.1. The van der Waals surface area contributed by atoms with Crippen molar-refractivity contribution in [2.75, 3.05) is 0 Å². The van der Waals surface area contributed by atoms with Crippen LogP contribution < -0.4 is 4.99 Å². The van der Waals surface area contributed by atoms with E-state index in [2.05, 4.69) is 33.1 Å². The Morgan fingerprint density at radius 2 is 1.70 bits per heavy atom. The number of hydrogen-bond acceptors (Lipinski definition) is 1. The molecule has 102 valence electrons. The number of carbonyl (C=O) groups is 1. The number of rotatable bonds is 5. The molecule has 20 heavy (non-hydrogen) atoms. The molecule has 0 aliphatic carbocycles. The predicted molar refractivity (Wildman–Crippen MR) is 84.9 cm³/mol. The van der Waals surface area contributed by atoms with Crippen molar-refractivity contribution in [3.8, 4) is 0 Å². The molecule has 2 aromatic rings. The monoisotopic (exact) mass is 330 g/mol. The Morgan fingerprint density at radius 3 is 2.35 bits per heavy atom. The van der Waals surface area contributed by atoms with E-state index in [1.807, 2.05) is 49.4 Å². The average molecular weight is 331 g/mol. The van der Waals surface area contributed by atoms with Gasteiger partial charge in [0.05, 0.1) is 6.42 Å². The van der Waals surface area contributed by atoms with Crippen LogP contribution in [0.4, 0.5) is 0 Å². The van der Waals surface area contributed by atoms with E-state index in [1.165, 1.54) is 5.56 Å². The summed E-state index contributed by atoms with van der Waals surface area (Å²) in [7, 11) is 0. The summed E-state index contributed by atoms with van der Waals surface area (Å²) in [5.74, 6) is 0.135. The first kappa shape index (κ1) is 14.7. The molecule has 1 N–H and O–H groups in total. The van der Waals surface area contributed by atoms with Gasteiger partial charge in [-0.25, -0.2) is 4.99 Å². The van der Waals surface area contributed by atoms with Gasteiger partial charge < -0.3 is 0 Å². The van der Waals surface area contributed by atoms with E-state index < -0.39 is 0 Å². The minimum absolute atomic E-state index is 0.135. The molecule has 0 unspecified atom stereocenters. The van der Waals surface area contributed by atoms with Crippen LogP contribution in [-0.4, -0.2) is 11.5 Å². The Balaban J connectivity index is 1.95. The van der Waals surface area contributed by atoms with Crippen LogP contribution in [0.2, 0.25) is 0 Å². The maximum Gasteiger partial charge on any atom is 0.172 e. The van der Waals surface area contributed by atoms with E-state index in [9.17, 15) is 4.79 Å². The average Bonchev–Trinajstić information content (AvgIpc) is 2.47. The fourth-order valence-corrected chi connectivity index (χ4v) is 2.15. The summed E-state index contributed by atoms with van der Waals surface area (Å²) in [5, 5.41) is 0. The van der Waals surface area contributed by atoms with Crippen molar-refractivity contribution in [3.63, 3.8) is 0 Å².